The van der Waals surface area contributed by atoms with Crippen LogP contribution >= 0.6 is 11.6 Å². The molecule has 132 valence electrons. The monoisotopic (exact) mass is 359 g/mol. The maximum atomic E-state index is 12.6. The number of hydrogen-bond acceptors (Lipinski definition) is 3. The number of hydrogen-bond donors (Lipinski definition) is 1. The second kappa shape index (κ2) is 7.36. The topological polar surface area (TPSA) is 49.8 Å². The van der Waals surface area contributed by atoms with Crippen LogP contribution in [-0.2, 0) is 0 Å². The van der Waals surface area contributed by atoms with E-state index < -0.39 is 0 Å². The van der Waals surface area contributed by atoms with Crippen LogP contribution in [0, 0.1) is 13.8 Å². The summed E-state index contributed by atoms with van der Waals surface area (Å²) in [4.78, 5) is 14.3. The fourth-order valence-electron chi connectivity index (χ4n) is 3.04. The lowest BCUT2D eigenvalue weighted by Crippen LogP contribution is -2.41. The van der Waals surface area contributed by atoms with Gasteiger partial charge in [0, 0.05) is 31.0 Å². The first-order chi connectivity index (χ1) is 11.9. The number of carbonyl (C=O) groups excluding carboxylic acids is 1. The van der Waals surface area contributed by atoms with Crippen molar-refractivity contribution in [2.45, 2.75) is 32.8 Å². The van der Waals surface area contributed by atoms with Crippen molar-refractivity contribution in [2.75, 3.05) is 13.1 Å². The Hall–Kier alpha value is -2.20. The number of halogens is 1. The lowest BCUT2D eigenvalue weighted by atomic mass is 10.1. The van der Waals surface area contributed by atoms with Gasteiger partial charge in [0.05, 0.1) is 5.56 Å². The van der Waals surface area contributed by atoms with E-state index in [0.717, 1.165) is 24.2 Å². The zero-order chi connectivity index (χ0) is 18.0. The molecule has 0 saturated carbocycles. The summed E-state index contributed by atoms with van der Waals surface area (Å²) in [6.45, 7) is 5.28. The van der Waals surface area contributed by atoms with Crippen LogP contribution in [0.5, 0.6) is 11.5 Å². The predicted octanol–water partition coefficient (Wildman–Crippen LogP) is 4.35. The Morgan fingerprint density at radius 3 is 2.60 bits per heavy atom. The molecular weight excluding hydrogens is 338 g/mol. The van der Waals surface area contributed by atoms with Gasteiger partial charge in [-0.1, -0.05) is 23.7 Å². The van der Waals surface area contributed by atoms with Crippen molar-refractivity contribution >= 4 is 17.5 Å². The highest BCUT2D eigenvalue weighted by molar-refractivity contribution is 6.31. The SMILES string of the molecule is Cc1ccc(C)c(OC2CCN(C(=O)c3cc(Cl)ccc3O)CC2)c1. The van der Waals surface area contributed by atoms with E-state index in [9.17, 15) is 9.90 Å². The Kier molecular flexibility index (Phi) is 5.19. The summed E-state index contributed by atoms with van der Waals surface area (Å²) in [5.41, 5.74) is 2.54. The van der Waals surface area contributed by atoms with Crippen LogP contribution in [0.4, 0.5) is 0 Å². The second-order valence-corrected chi connectivity index (χ2v) is 6.98. The molecule has 2 aromatic carbocycles. The molecule has 4 nitrogen and oxygen atoms in total. The fourth-order valence-corrected chi connectivity index (χ4v) is 3.21. The van der Waals surface area contributed by atoms with Gasteiger partial charge >= 0.3 is 0 Å². The summed E-state index contributed by atoms with van der Waals surface area (Å²) in [6, 6.07) is 10.7. The number of benzene rings is 2. The van der Waals surface area contributed by atoms with E-state index in [1.165, 1.54) is 17.7 Å². The first-order valence-electron chi connectivity index (χ1n) is 8.46. The fraction of sp³-hybridized carbons (Fsp3) is 0.350. The number of aromatic hydroxyl groups is 1. The zero-order valence-electron chi connectivity index (χ0n) is 14.5. The third kappa shape index (κ3) is 4.07. The Morgan fingerprint density at radius 2 is 1.88 bits per heavy atom. The molecule has 1 N–H and O–H groups in total. The van der Waals surface area contributed by atoms with Gasteiger partial charge in [-0.2, -0.15) is 0 Å². The molecule has 0 radical (unpaired) electrons. The average molecular weight is 360 g/mol. The number of nitrogens with zero attached hydrogens (tertiary/aromatic N) is 1. The molecule has 5 heteroatoms. The standard InChI is InChI=1S/C20H22ClNO3/c1-13-3-4-14(2)19(11-13)25-16-7-9-22(10-8-16)20(24)17-12-15(21)5-6-18(17)23/h3-6,11-12,16,23H,7-10H2,1-2H3. The predicted molar refractivity (Wildman–Crippen MR) is 98.6 cm³/mol. The molecular formula is C20H22ClNO3. The van der Waals surface area contributed by atoms with Crippen molar-refractivity contribution < 1.29 is 14.6 Å². The van der Waals surface area contributed by atoms with Crippen LogP contribution in [0.1, 0.15) is 34.3 Å². The van der Waals surface area contributed by atoms with E-state index in [1.54, 1.807) is 11.0 Å². The lowest BCUT2D eigenvalue weighted by Gasteiger charge is -2.32. The number of piperidine rings is 1. The summed E-state index contributed by atoms with van der Waals surface area (Å²) < 4.78 is 6.14. The van der Waals surface area contributed by atoms with Gasteiger partial charge < -0.3 is 14.7 Å². The number of ether oxygens (including phenoxy) is 1. The van der Waals surface area contributed by atoms with Gasteiger partial charge in [0.2, 0.25) is 0 Å². The molecule has 1 saturated heterocycles. The molecule has 25 heavy (non-hydrogen) atoms. The van der Waals surface area contributed by atoms with Gasteiger partial charge in [0.25, 0.3) is 5.91 Å². The quantitative estimate of drug-likeness (QED) is 0.886. The smallest absolute Gasteiger partial charge is 0.257 e. The van der Waals surface area contributed by atoms with Crippen molar-refractivity contribution in [3.63, 3.8) is 0 Å². The number of aryl methyl sites for hydroxylation is 2. The minimum absolute atomic E-state index is 0.0387. The number of phenolic OH excluding ortho intramolecular Hbond substituents is 1. The highest BCUT2D eigenvalue weighted by Gasteiger charge is 2.26. The highest BCUT2D eigenvalue weighted by atomic mass is 35.5. The molecule has 1 amide bonds. The van der Waals surface area contributed by atoms with Crippen LogP contribution in [-0.4, -0.2) is 35.1 Å². The molecule has 0 aliphatic carbocycles. The molecule has 0 bridgehead atoms. The molecule has 0 aromatic heterocycles. The van der Waals surface area contributed by atoms with Gasteiger partial charge in [0.1, 0.15) is 17.6 Å². The summed E-state index contributed by atoms with van der Waals surface area (Å²) in [5.74, 6) is 0.686. The molecule has 1 heterocycles. The largest absolute Gasteiger partial charge is 0.507 e. The summed E-state index contributed by atoms with van der Waals surface area (Å²) in [5, 5.41) is 10.3. The third-order valence-corrected chi connectivity index (χ3v) is 4.79. The number of phenols is 1. The number of rotatable bonds is 3. The second-order valence-electron chi connectivity index (χ2n) is 6.54. The average Bonchev–Trinajstić information content (AvgIpc) is 2.60. The van der Waals surface area contributed by atoms with E-state index >= 15 is 0 Å². The van der Waals surface area contributed by atoms with Crippen LogP contribution < -0.4 is 4.74 Å². The van der Waals surface area contributed by atoms with Crippen molar-refractivity contribution in [1.29, 1.82) is 0 Å². The maximum Gasteiger partial charge on any atom is 0.257 e. The molecule has 0 atom stereocenters. The van der Waals surface area contributed by atoms with Gasteiger partial charge in [-0.3, -0.25) is 4.79 Å². The molecule has 1 aliphatic rings. The zero-order valence-corrected chi connectivity index (χ0v) is 15.2. The van der Waals surface area contributed by atoms with E-state index in [0.29, 0.717) is 18.1 Å². The highest BCUT2D eigenvalue weighted by Crippen LogP contribution is 2.27. The molecule has 0 spiro atoms. The Labute approximate surface area is 153 Å². The van der Waals surface area contributed by atoms with Crippen LogP contribution in [0.2, 0.25) is 5.02 Å². The molecule has 1 fully saturated rings. The minimum Gasteiger partial charge on any atom is -0.507 e. The van der Waals surface area contributed by atoms with E-state index in [-0.39, 0.29) is 23.3 Å². The van der Waals surface area contributed by atoms with Crippen LogP contribution in [0.15, 0.2) is 36.4 Å². The summed E-state index contributed by atoms with van der Waals surface area (Å²) in [6.07, 6.45) is 1.62. The maximum absolute atomic E-state index is 12.6. The Morgan fingerprint density at radius 1 is 1.16 bits per heavy atom. The molecule has 0 unspecified atom stereocenters. The van der Waals surface area contributed by atoms with Gasteiger partial charge in [-0.25, -0.2) is 0 Å². The summed E-state index contributed by atoms with van der Waals surface area (Å²) in [7, 11) is 0. The van der Waals surface area contributed by atoms with Crippen LogP contribution in [0.25, 0.3) is 0 Å². The van der Waals surface area contributed by atoms with Gasteiger partial charge in [0.15, 0.2) is 0 Å². The van der Waals surface area contributed by atoms with Gasteiger partial charge in [-0.05, 0) is 49.2 Å². The summed E-state index contributed by atoms with van der Waals surface area (Å²) >= 11 is 5.94. The van der Waals surface area contributed by atoms with E-state index in [1.807, 2.05) is 13.8 Å². The minimum atomic E-state index is -0.190. The molecule has 2 aromatic rings. The van der Waals surface area contributed by atoms with E-state index in [4.69, 9.17) is 16.3 Å². The van der Waals surface area contributed by atoms with Crippen molar-refractivity contribution in [1.82, 2.24) is 4.90 Å². The molecule has 1 aliphatic heterocycles. The number of carbonyl (C=O) groups is 1. The Balaban J connectivity index is 1.62. The lowest BCUT2D eigenvalue weighted by molar-refractivity contribution is 0.0591. The van der Waals surface area contributed by atoms with Gasteiger partial charge in [-0.15, -0.1) is 0 Å². The van der Waals surface area contributed by atoms with Crippen molar-refractivity contribution in [3.8, 4) is 11.5 Å². The normalized spacial score (nSPS) is 15.2. The first-order valence-corrected chi connectivity index (χ1v) is 8.83. The first kappa shape index (κ1) is 17.6. The van der Waals surface area contributed by atoms with E-state index in [2.05, 4.69) is 18.2 Å². The van der Waals surface area contributed by atoms with Crippen molar-refractivity contribution in [3.05, 3.63) is 58.1 Å². The number of likely N-dealkylation sites (tertiary alicyclic amines) is 1. The Bertz CT molecular complexity index is 783. The third-order valence-electron chi connectivity index (χ3n) is 4.56. The van der Waals surface area contributed by atoms with Crippen LogP contribution in [0.3, 0.4) is 0 Å². The van der Waals surface area contributed by atoms with Crippen molar-refractivity contribution in [2.24, 2.45) is 0 Å². The number of amides is 1. The molecule has 3 rings (SSSR count).